The first kappa shape index (κ1) is 14.9. The van der Waals surface area contributed by atoms with Crippen LogP contribution in [0.4, 0.5) is 0 Å². The Hall–Kier alpha value is -1.18. The highest BCUT2D eigenvalue weighted by molar-refractivity contribution is 5.36. The van der Waals surface area contributed by atoms with E-state index >= 15 is 0 Å². The zero-order valence-electron chi connectivity index (χ0n) is 11.5. The lowest BCUT2D eigenvalue weighted by Gasteiger charge is -2.04. The summed E-state index contributed by atoms with van der Waals surface area (Å²) < 4.78 is 0. The molecule has 102 valence electrons. The maximum absolute atomic E-state index is 9.36. The van der Waals surface area contributed by atoms with E-state index in [0.717, 1.165) is 18.4 Å². The van der Waals surface area contributed by atoms with Crippen molar-refractivity contribution in [3.8, 4) is 11.5 Å². The molecule has 0 fully saturated rings. The third-order valence-corrected chi connectivity index (χ3v) is 3.28. The molecular formula is C16H26O2. The summed E-state index contributed by atoms with van der Waals surface area (Å²) in [6, 6.07) is 4.85. The molecule has 2 N–H and O–H groups in total. The van der Waals surface area contributed by atoms with Crippen LogP contribution in [0.3, 0.4) is 0 Å². The Bertz CT molecular complexity index is 314. The number of unbranched alkanes of at least 4 members (excludes halogenated alkanes) is 7. The molecule has 1 rings (SSSR count). The lowest BCUT2D eigenvalue weighted by Crippen LogP contribution is -1.86. The maximum Gasteiger partial charge on any atom is 0.119 e. The van der Waals surface area contributed by atoms with Gasteiger partial charge in [0.2, 0.25) is 0 Å². The molecule has 0 amide bonds. The molecule has 0 radical (unpaired) electrons. The molecular weight excluding hydrogens is 224 g/mol. The second-order valence-corrected chi connectivity index (χ2v) is 5.08. The highest BCUT2D eigenvalue weighted by atomic mass is 16.3. The largest absolute Gasteiger partial charge is 0.508 e. The van der Waals surface area contributed by atoms with Crippen LogP contribution in [0.1, 0.15) is 63.9 Å². The van der Waals surface area contributed by atoms with Crippen molar-refractivity contribution >= 4 is 0 Å². The summed E-state index contributed by atoms with van der Waals surface area (Å²) in [6.45, 7) is 2.24. The van der Waals surface area contributed by atoms with Crippen molar-refractivity contribution in [1.82, 2.24) is 0 Å². The number of benzene rings is 1. The van der Waals surface area contributed by atoms with Gasteiger partial charge in [0.25, 0.3) is 0 Å². The van der Waals surface area contributed by atoms with Crippen LogP contribution in [0.25, 0.3) is 0 Å². The first-order chi connectivity index (χ1) is 8.72. The molecule has 18 heavy (non-hydrogen) atoms. The fraction of sp³-hybridized carbons (Fsp3) is 0.625. The van der Waals surface area contributed by atoms with Gasteiger partial charge in [-0.1, -0.05) is 51.9 Å². The predicted molar refractivity (Wildman–Crippen MR) is 76.1 cm³/mol. The van der Waals surface area contributed by atoms with Crippen molar-refractivity contribution < 1.29 is 10.2 Å². The number of hydrogen-bond donors (Lipinski definition) is 2. The van der Waals surface area contributed by atoms with Gasteiger partial charge >= 0.3 is 0 Å². The van der Waals surface area contributed by atoms with Gasteiger partial charge in [-0.2, -0.15) is 0 Å². The molecule has 0 spiro atoms. The molecule has 0 aliphatic carbocycles. The third-order valence-electron chi connectivity index (χ3n) is 3.28. The Morgan fingerprint density at radius 2 is 1.22 bits per heavy atom. The van der Waals surface area contributed by atoms with Gasteiger partial charge in [-0.25, -0.2) is 0 Å². The molecule has 0 saturated carbocycles. The van der Waals surface area contributed by atoms with E-state index in [-0.39, 0.29) is 11.5 Å². The van der Waals surface area contributed by atoms with Crippen LogP contribution < -0.4 is 0 Å². The lowest BCUT2D eigenvalue weighted by atomic mass is 10.0. The Morgan fingerprint density at radius 3 is 1.78 bits per heavy atom. The van der Waals surface area contributed by atoms with Crippen LogP contribution in [0.5, 0.6) is 11.5 Å². The van der Waals surface area contributed by atoms with E-state index in [0.29, 0.717) is 0 Å². The smallest absolute Gasteiger partial charge is 0.119 e. The first-order valence-corrected chi connectivity index (χ1v) is 7.24. The summed E-state index contributed by atoms with van der Waals surface area (Å²) in [5.74, 6) is 0.314. The van der Waals surface area contributed by atoms with Crippen molar-refractivity contribution in [2.24, 2.45) is 0 Å². The quantitative estimate of drug-likeness (QED) is 0.619. The average Bonchev–Trinajstić information content (AvgIpc) is 2.31. The number of rotatable bonds is 9. The molecule has 1 aromatic rings. The van der Waals surface area contributed by atoms with Crippen LogP contribution in [0.15, 0.2) is 18.2 Å². The molecule has 0 saturated heterocycles. The molecule has 0 unspecified atom stereocenters. The second-order valence-electron chi connectivity index (χ2n) is 5.08. The SMILES string of the molecule is CCCCCCCCCCc1cc(O)cc(O)c1. The molecule has 0 atom stereocenters. The fourth-order valence-corrected chi connectivity index (χ4v) is 2.26. The van der Waals surface area contributed by atoms with Crippen molar-refractivity contribution in [2.75, 3.05) is 0 Å². The van der Waals surface area contributed by atoms with Crippen LogP contribution in [-0.2, 0) is 6.42 Å². The Morgan fingerprint density at radius 1 is 0.722 bits per heavy atom. The highest BCUT2D eigenvalue weighted by Gasteiger charge is 1.99. The molecule has 0 aliphatic rings. The van der Waals surface area contributed by atoms with Crippen LogP contribution in [-0.4, -0.2) is 10.2 Å². The van der Waals surface area contributed by atoms with Gasteiger partial charge in [0.15, 0.2) is 0 Å². The Balaban J connectivity index is 2.07. The average molecular weight is 250 g/mol. The summed E-state index contributed by atoms with van der Waals surface area (Å²) in [5, 5.41) is 18.7. The number of aryl methyl sites for hydroxylation is 1. The number of phenolic OH excluding ortho intramolecular Hbond substituents is 2. The van der Waals surface area contributed by atoms with E-state index in [4.69, 9.17) is 0 Å². The van der Waals surface area contributed by atoms with E-state index in [9.17, 15) is 10.2 Å². The van der Waals surface area contributed by atoms with E-state index in [1.165, 1.54) is 51.0 Å². The molecule has 1 aromatic carbocycles. The lowest BCUT2D eigenvalue weighted by molar-refractivity contribution is 0.449. The van der Waals surface area contributed by atoms with E-state index in [2.05, 4.69) is 6.92 Å². The first-order valence-electron chi connectivity index (χ1n) is 7.24. The normalized spacial score (nSPS) is 10.7. The van der Waals surface area contributed by atoms with Gasteiger partial charge in [-0.15, -0.1) is 0 Å². The monoisotopic (exact) mass is 250 g/mol. The van der Waals surface area contributed by atoms with Crippen LogP contribution >= 0.6 is 0 Å². The van der Waals surface area contributed by atoms with Crippen molar-refractivity contribution in [1.29, 1.82) is 0 Å². The summed E-state index contributed by atoms with van der Waals surface area (Å²) >= 11 is 0. The van der Waals surface area contributed by atoms with E-state index in [1.807, 2.05) is 0 Å². The standard InChI is InChI=1S/C16H26O2/c1-2-3-4-5-6-7-8-9-10-14-11-15(17)13-16(18)12-14/h11-13,17-18H,2-10H2,1H3. The molecule has 0 heterocycles. The van der Waals surface area contributed by atoms with Gasteiger partial charge in [0.1, 0.15) is 11.5 Å². The van der Waals surface area contributed by atoms with Crippen molar-refractivity contribution in [3.05, 3.63) is 23.8 Å². The third kappa shape index (κ3) is 6.53. The van der Waals surface area contributed by atoms with Gasteiger partial charge < -0.3 is 10.2 Å². The van der Waals surface area contributed by atoms with Gasteiger partial charge in [0, 0.05) is 6.07 Å². The summed E-state index contributed by atoms with van der Waals surface area (Å²) in [7, 11) is 0. The summed E-state index contributed by atoms with van der Waals surface area (Å²) in [4.78, 5) is 0. The van der Waals surface area contributed by atoms with Crippen molar-refractivity contribution in [3.63, 3.8) is 0 Å². The molecule has 0 bridgehead atoms. The molecule has 0 aliphatic heterocycles. The minimum atomic E-state index is 0.157. The van der Waals surface area contributed by atoms with E-state index in [1.54, 1.807) is 12.1 Å². The maximum atomic E-state index is 9.36. The zero-order chi connectivity index (χ0) is 13.2. The minimum Gasteiger partial charge on any atom is -0.508 e. The van der Waals surface area contributed by atoms with Crippen molar-refractivity contribution in [2.45, 2.75) is 64.7 Å². The predicted octanol–water partition coefficient (Wildman–Crippen LogP) is 4.78. The second kappa shape index (κ2) is 8.84. The summed E-state index contributed by atoms with van der Waals surface area (Å²) in [6.07, 6.45) is 11.4. The van der Waals surface area contributed by atoms with Crippen LogP contribution in [0.2, 0.25) is 0 Å². The molecule has 2 nitrogen and oxygen atoms in total. The number of phenols is 2. The Labute approximate surface area is 111 Å². The Kier molecular flexibility index (Phi) is 7.31. The fourth-order valence-electron chi connectivity index (χ4n) is 2.26. The highest BCUT2D eigenvalue weighted by Crippen LogP contribution is 2.22. The van der Waals surface area contributed by atoms with E-state index < -0.39 is 0 Å². The minimum absolute atomic E-state index is 0.157. The van der Waals surface area contributed by atoms with Crippen LogP contribution in [0, 0.1) is 0 Å². The molecule has 2 heteroatoms. The van der Waals surface area contributed by atoms with Gasteiger partial charge in [0.05, 0.1) is 0 Å². The number of hydrogen-bond acceptors (Lipinski definition) is 2. The topological polar surface area (TPSA) is 40.5 Å². The molecule has 0 aromatic heterocycles. The number of aromatic hydroxyl groups is 2. The van der Waals surface area contributed by atoms with Gasteiger partial charge in [-0.3, -0.25) is 0 Å². The zero-order valence-corrected chi connectivity index (χ0v) is 11.5. The van der Waals surface area contributed by atoms with Gasteiger partial charge in [-0.05, 0) is 30.5 Å². The summed E-state index contributed by atoms with van der Waals surface area (Å²) in [5.41, 5.74) is 1.03.